The van der Waals surface area contributed by atoms with Crippen molar-refractivity contribution in [2.24, 2.45) is 5.10 Å². The Bertz CT molecular complexity index is 542. The molecule has 94 valence electrons. The highest BCUT2D eigenvalue weighted by Crippen LogP contribution is 2.10. The molecule has 0 fully saturated rings. The highest BCUT2D eigenvalue weighted by molar-refractivity contribution is 5.83. The van der Waals surface area contributed by atoms with Crippen molar-refractivity contribution in [2.75, 3.05) is 5.43 Å². The first-order valence-electron chi connectivity index (χ1n) is 5.95. The van der Waals surface area contributed by atoms with Gasteiger partial charge in [-0.1, -0.05) is 0 Å². The van der Waals surface area contributed by atoms with E-state index in [4.69, 9.17) is 0 Å². The standard InChI is InChI=1S/C13H17N5/c1-4-18-11(3)13(10(2)17-18)9-15-16-12-5-7-14-8-6-12/h5-9H,4H2,1-3H3,(H,14,16)/b15-9+. The van der Waals surface area contributed by atoms with Crippen molar-refractivity contribution in [3.63, 3.8) is 0 Å². The summed E-state index contributed by atoms with van der Waals surface area (Å²) in [5, 5.41) is 8.67. The van der Waals surface area contributed by atoms with E-state index in [-0.39, 0.29) is 0 Å². The minimum atomic E-state index is 0.873. The molecule has 0 bridgehead atoms. The van der Waals surface area contributed by atoms with E-state index in [2.05, 4.69) is 34.5 Å². The number of hydrazone groups is 1. The largest absolute Gasteiger partial charge is 0.278 e. The maximum atomic E-state index is 4.44. The van der Waals surface area contributed by atoms with Crippen LogP contribution in [0.2, 0.25) is 0 Å². The van der Waals surface area contributed by atoms with Gasteiger partial charge in [-0.05, 0) is 32.9 Å². The maximum Gasteiger partial charge on any atom is 0.0685 e. The van der Waals surface area contributed by atoms with E-state index in [1.165, 1.54) is 0 Å². The number of rotatable bonds is 4. The number of hydrogen-bond acceptors (Lipinski definition) is 4. The molecule has 2 aromatic rings. The topological polar surface area (TPSA) is 55.1 Å². The van der Waals surface area contributed by atoms with Crippen molar-refractivity contribution in [2.45, 2.75) is 27.3 Å². The number of aromatic nitrogens is 3. The molecule has 2 aromatic heterocycles. The van der Waals surface area contributed by atoms with Gasteiger partial charge in [0.1, 0.15) is 0 Å². The smallest absolute Gasteiger partial charge is 0.0685 e. The molecule has 0 amide bonds. The van der Waals surface area contributed by atoms with Gasteiger partial charge in [-0.25, -0.2) is 0 Å². The molecule has 1 N–H and O–H groups in total. The molecule has 0 aliphatic carbocycles. The molecule has 2 heterocycles. The lowest BCUT2D eigenvalue weighted by Gasteiger charge is -1.99. The summed E-state index contributed by atoms with van der Waals surface area (Å²) in [6, 6.07) is 3.74. The van der Waals surface area contributed by atoms with E-state index in [0.29, 0.717) is 0 Å². The van der Waals surface area contributed by atoms with Crippen LogP contribution >= 0.6 is 0 Å². The van der Waals surface area contributed by atoms with Crippen LogP contribution in [-0.2, 0) is 6.54 Å². The number of anilines is 1. The van der Waals surface area contributed by atoms with Gasteiger partial charge in [-0.2, -0.15) is 10.2 Å². The first kappa shape index (κ1) is 12.3. The number of aryl methyl sites for hydroxylation is 2. The molecule has 0 aromatic carbocycles. The summed E-state index contributed by atoms with van der Waals surface area (Å²) in [5.41, 5.74) is 7.08. The molecule has 0 radical (unpaired) electrons. The number of hydrogen-bond donors (Lipinski definition) is 1. The Kier molecular flexibility index (Phi) is 3.72. The van der Waals surface area contributed by atoms with Crippen LogP contribution in [0.25, 0.3) is 0 Å². The highest BCUT2D eigenvalue weighted by Gasteiger charge is 2.07. The van der Waals surface area contributed by atoms with E-state index in [0.717, 1.165) is 29.2 Å². The SMILES string of the molecule is CCn1nc(C)c(/C=N/Nc2ccncc2)c1C. The van der Waals surface area contributed by atoms with Crippen molar-refractivity contribution in [1.29, 1.82) is 0 Å². The maximum absolute atomic E-state index is 4.44. The lowest BCUT2D eigenvalue weighted by atomic mass is 10.2. The second-order valence-corrected chi connectivity index (χ2v) is 4.01. The quantitative estimate of drug-likeness (QED) is 0.662. The molecule has 0 atom stereocenters. The van der Waals surface area contributed by atoms with Crippen LogP contribution in [0.4, 0.5) is 5.69 Å². The van der Waals surface area contributed by atoms with Crippen LogP contribution < -0.4 is 5.43 Å². The van der Waals surface area contributed by atoms with Crippen molar-refractivity contribution in [3.8, 4) is 0 Å². The zero-order valence-corrected chi connectivity index (χ0v) is 10.9. The predicted molar refractivity (Wildman–Crippen MR) is 72.8 cm³/mol. The van der Waals surface area contributed by atoms with Crippen molar-refractivity contribution in [1.82, 2.24) is 14.8 Å². The van der Waals surface area contributed by atoms with Gasteiger partial charge in [0.2, 0.25) is 0 Å². The third-order valence-electron chi connectivity index (χ3n) is 2.80. The van der Waals surface area contributed by atoms with E-state index in [9.17, 15) is 0 Å². The number of nitrogens with one attached hydrogen (secondary N) is 1. The highest BCUT2D eigenvalue weighted by atomic mass is 15.3. The van der Waals surface area contributed by atoms with Gasteiger partial charge in [0.05, 0.1) is 17.6 Å². The van der Waals surface area contributed by atoms with E-state index >= 15 is 0 Å². The molecule has 0 saturated heterocycles. The zero-order chi connectivity index (χ0) is 13.0. The van der Waals surface area contributed by atoms with Crippen LogP contribution in [0.5, 0.6) is 0 Å². The molecule has 2 rings (SSSR count). The molecular formula is C13H17N5. The Labute approximate surface area is 107 Å². The van der Waals surface area contributed by atoms with Crippen LogP contribution in [0.3, 0.4) is 0 Å². The van der Waals surface area contributed by atoms with E-state index < -0.39 is 0 Å². The van der Waals surface area contributed by atoms with E-state index in [1.54, 1.807) is 12.4 Å². The third kappa shape index (κ3) is 2.56. The average molecular weight is 243 g/mol. The Hall–Kier alpha value is -2.17. The third-order valence-corrected chi connectivity index (χ3v) is 2.80. The fourth-order valence-electron chi connectivity index (χ4n) is 1.80. The zero-order valence-electron chi connectivity index (χ0n) is 10.9. The number of pyridine rings is 1. The molecule has 18 heavy (non-hydrogen) atoms. The predicted octanol–water partition coefficient (Wildman–Crippen LogP) is 2.36. The first-order chi connectivity index (χ1) is 8.72. The van der Waals surface area contributed by atoms with Crippen molar-refractivity contribution >= 4 is 11.9 Å². The van der Waals surface area contributed by atoms with Gasteiger partial charge in [0.25, 0.3) is 0 Å². The second-order valence-electron chi connectivity index (χ2n) is 4.01. The Morgan fingerprint density at radius 3 is 2.67 bits per heavy atom. The summed E-state index contributed by atoms with van der Waals surface area (Å²) in [4.78, 5) is 3.95. The molecule has 0 spiro atoms. The van der Waals surface area contributed by atoms with Gasteiger partial charge < -0.3 is 0 Å². The fourth-order valence-corrected chi connectivity index (χ4v) is 1.80. The Morgan fingerprint density at radius 1 is 1.33 bits per heavy atom. The van der Waals surface area contributed by atoms with Gasteiger partial charge in [-0.3, -0.25) is 15.1 Å². The minimum absolute atomic E-state index is 0.873. The van der Waals surface area contributed by atoms with Crippen LogP contribution in [0.1, 0.15) is 23.9 Å². The summed E-state index contributed by atoms with van der Waals surface area (Å²) in [7, 11) is 0. The molecule has 5 heteroatoms. The monoisotopic (exact) mass is 243 g/mol. The van der Waals surface area contributed by atoms with Gasteiger partial charge in [0, 0.05) is 30.2 Å². The van der Waals surface area contributed by atoms with Crippen molar-refractivity contribution in [3.05, 3.63) is 41.5 Å². The summed E-state index contributed by atoms with van der Waals surface area (Å²) in [6.07, 6.45) is 5.26. The molecule has 0 aliphatic rings. The average Bonchev–Trinajstić information content (AvgIpc) is 2.67. The number of nitrogens with zero attached hydrogens (tertiary/aromatic N) is 4. The minimum Gasteiger partial charge on any atom is -0.278 e. The first-order valence-corrected chi connectivity index (χ1v) is 5.95. The molecule has 0 saturated carbocycles. The fraction of sp³-hybridized carbons (Fsp3) is 0.308. The van der Waals surface area contributed by atoms with Gasteiger partial charge in [0.15, 0.2) is 0 Å². The van der Waals surface area contributed by atoms with Crippen LogP contribution in [0.15, 0.2) is 29.6 Å². The van der Waals surface area contributed by atoms with Crippen LogP contribution in [-0.4, -0.2) is 21.0 Å². The molecule has 0 aliphatic heterocycles. The summed E-state index contributed by atoms with van der Waals surface area (Å²) >= 11 is 0. The molecule has 5 nitrogen and oxygen atoms in total. The summed E-state index contributed by atoms with van der Waals surface area (Å²) in [6.45, 7) is 7.00. The molecular weight excluding hydrogens is 226 g/mol. The van der Waals surface area contributed by atoms with Gasteiger partial charge >= 0.3 is 0 Å². The van der Waals surface area contributed by atoms with E-state index in [1.807, 2.05) is 30.0 Å². The van der Waals surface area contributed by atoms with Crippen molar-refractivity contribution < 1.29 is 0 Å². The molecule has 0 unspecified atom stereocenters. The summed E-state index contributed by atoms with van der Waals surface area (Å²) < 4.78 is 1.98. The van der Waals surface area contributed by atoms with Gasteiger partial charge in [-0.15, -0.1) is 0 Å². The summed E-state index contributed by atoms with van der Waals surface area (Å²) in [5.74, 6) is 0. The van der Waals surface area contributed by atoms with Crippen LogP contribution in [0, 0.1) is 13.8 Å². The Balaban J connectivity index is 2.12. The normalized spacial score (nSPS) is 11.1. The lowest BCUT2D eigenvalue weighted by molar-refractivity contribution is 0.634. The lowest BCUT2D eigenvalue weighted by Crippen LogP contribution is -1.99. The second kappa shape index (κ2) is 5.44. The Morgan fingerprint density at radius 2 is 2.06 bits per heavy atom.